The third-order valence-electron chi connectivity index (χ3n) is 3.97. The monoisotopic (exact) mass is 381 g/mol. The van der Waals surface area contributed by atoms with E-state index in [1.165, 1.54) is 0 Å². The molecule has 1 aromatic carbocycles. The number of nitrogens with zero attached hydrogens (tertiary/aromatic N) is 2. The van der Waals surface area contributed by atoms with Crippen molar-refractivity contribution in [2.24, 2.45) is 0 Å². The molecule has 1 unspecified atom stereocenters. The van der Waals surface area contributed by atoms with Crippen LogP contribution < -0.4 is 0 Å². The molecule has 0 spiro atoms. The largest absolute Gasteiger partial charge is 0.337 e. The molecule has 1 aliphatic rings. The van der Waals surface area contributed by atoms with Gasteiger partial charge >= 0.3 is 0 Å². The number of halogens is 2. The second kappa shape index (κ2) is 6.42. The number of fused-ring (bicyclic) bond motifs is 1. The second-order valence-corrected chi connectivity index (χ2v) is 6.97. The highest BCUT2D eigenvalue weighted by Crippen LogP contribution is 2.30. The van der Waals surface area contributed by atoms with Gasteiger partial charge in [0.1, 0.15) is 0 Å². The van der Waals surface area contributed by atoms with Crippen LogP contribution in [0, 0.1) is 0 Å². The molecule has 0 aliphatic carbocycles. The number of aromatic nitrogens is 2. The lowest BCUT2D eigenvalue weighted by atomic mass is 10.0. The van der Waals surface area contributed by atoms with Crippen LogP contribution in [0.5, 0.6) is 0 Å². The van der Waals surface area contributed by atoms with Crippen LogP contribution in [0.2, 0.25) is 5.02 Å². The fourth-order valence-electron chi connectivity index (χ4n) is 2.73. The Bertz CT molecular complexity index is 700. The van der Waals surface area contributed by atoms with Gasteiger partial charge in [-0.05, 0) is 18.6 Å². The molecule has 0 saturated heterocycles. The normalized spacial score (nSPS) is 15.5. The minimum Gasteiger partial charge on any atom is -0.337 e. The summed E-state index contributed by atoms with van der Waals surface area (Å²) in [6.45, 7) is 3.32. The fraction of sp³-hybridized carbons (Fsp3) is 0.375. The van der Waals surface area contributed by atoms with Crippen molar-refractivity contribution in [3.63, 3.8) is 0 Å². The van der Waals surface area contributed by atoms with Gasteiger partial charge in [-0.15, -0.1) is 0 Å². The Kier molecular flexibility index (Phi) is 4.54. The van der Waals surface area contributed by atoms with Crippen molar-refractivity contribution in [3.05, 3.63) is 40.5 Å². The lowest BCUT2D eigenvalue weighted by Gasteiger charge is -2.28. The number of carbonyl (C=O) groups excluding carboxylic acids is 1. The highest BCUT2D eigenvalue weighted by molar-refractivity contribution is 9.10. The Morgan fingerprint density at radius 1 is 1.55 bits per heavy atom. The molecule has 0 radical (unpaired) electrons. The molecule has 1 aromatic heterocycles. The van der Waals surface area contributed by atoms with E-state index in [1.54, 1.807) is 0 Å². The molecular formula is C16H17BrClN3O. The number of hydrogen-bond acceptors (Lipinski definition) is 2. The van der Waals surface area contributed by atoms with Crippen molar-refractivity contribution in [1.82, 2.24) is 15.1 Å². The number of carbonyl (C=O) groups is 1. The van der Waals surface area contributed by atoms with Crippen molar-refractivity contribution in [1.29, 1.82) is 0 Å². The standard InChI is InChI=1S/C16H17BrClN3O/c1-2-13(17)16(22)21-7-6-14-12(9-21)15(20-19-14)10-4-3-5-11(18)8-10/h3-5,8,13H,2,6-7,9H2,1H3,(H,19,20). The molecule has 1 atom stereocenters. The predicted octanol–water partition coefficient (Wildman–Crippen LogP) is 3.79. The molecule has 0 saturated carbocycles. The molecule has 3 rings (SSSR count). The van der Waals surface area contributed by atoms with E-state index < -0.39 is 0 Å². The van der Waals surface area contributed by atoms with Crippen LogP contribution in [-0.4, -0.2) is 32.4 Å². The van der Waals surface area contributed by atoms with E-state index in [-0.39, 0.29) is 10.7 Å². The highest BCUT2D eigenvalue weighted by Gasteiger charge is 2.28. The van der Waals surface area contributed by atoms with Crippen LogP contribution in [0.3, 0.4) is 0 Å². The molecule has 22 heavy (non-hydrogen) atoms. The van der Waals surface area contributed by atoms with E-state index in [4.69, 9.17) is 11.6 Å². The molecule has 2 aromatic rings. The number of nitrogens with one attached hydrogen (secondary N) is 1. The van der Waals surface area contributed by atoms with Gasteiger partial charge in [0.2, 0.25) is 5.91 Å². The van der Waals surface area contributed by atoms with Gasteiger partial charge in [0.05, 0.1) is 10.5 Å². The highest BCUT2D eigenvalue weighted by atomic mass is 79.9. The first-order valence-electron chi connectivity index (χ1n) is 7.35. The Labute approximate surface area is 143 Å². The maximum Gasteiger partial charge on any atom is 0.236 e. The lowest BCUT2D eigenvalue weighted by molar-refractivity contribution is -0.131. The van der Waals surface area contributed by atoms with Crippen LogP contribution in [-0.2, 0) is 17.8 Å². The predicted molar refractivity (Wildman–Crippen MR) is 91.2 cm³/mol. The number of benzene rings is 1. The molecule has 1 amide bonds. The van der Waals surface area contributed by atoms with E-state index >= 15 is 0 Å². The minimum atomic E-state index is -0.115. The van der Waals surface area contributed by atoms with Crippen LogP contribution in [0.15, 0.2) is 24.3 Å². The summed E-state index contributed by atoms with van der Waals surface area (Å²) in [4.78, 5) is 14.2. The quantitative estimate of drug-likeness (QED) is 0.821. The van der Waals surface area contributed by atoms with E-state index in [1.807, 2.05) is 36.1 Å². The molecule has 4 nitrogen and oxygen atoms in total. The SMILES string of the molecule is CCC(Br)C(=O)N1CCc2[nH]nc(-c3cccc(Cl)c3)c2C1. The molecule has 0 fully saturated rings. The summed E-state index contributed by atoms with van der Waals surface area (Å²) in [5, 5.41) is 8.22. The molecule has 0 bridgehead atoms. The number of alkyl halides is 1. The summed E-state index contributed by atoms with van der Waals surface area (Å²) in [7, 11) is 0. The molecule has 1 N–H and O–H groups in total. The van der Waals surface area contributed by atoms with Crippen LogP contribution in [0.25, 0.3) is 11.3 Å². The van der Waals surface area contributed by atoms with Gasteiger partial charge in [-0.2, -0.15) is 5.10 Å². The Hall–Kier alpha value is -1.33. The Balaban J connectivity index is 1.90. The first-order valence-corrected chi connectivity index (χ1v) is 8.64. The summed E-state index contributed by atoms with van der Waals surface area (Å²) in [6, 6.07) is 7.65. The van der Waals surface area contributed by atoms with Crippen molar-refractivity contribution < 1.29 is 4.79 Å². The van der Waals surface area contributed by atoms with E-state index in [9.17, 15) is 4.79 Å². The minimum absolute atomic E-state index is 0.115. The van der Waals surface area contributed by atoms with Gasteiger partial charge in [0, 0.05) is 41.4 Å². The van der Waals surface area contributed by atoms with Gasteiger partial charge in [-0.1, -0.05) is 46.6 Å². The number of H-pyrrole nitrogens is 1. The van der Waals surface area contributed by atoms with Gasteiger partial charge < -0.3 is 4.90 Å². The van der Waals surface area contributed by atoms with Crippen LogP contribution in [0.4, 0.5) is 0 Å². The van der Waals surface area contributed by atoms with Crippen LogP contribution in [0.1, 0.15) is 24.6 Å². The Morgan fingerprint density at radius 2 is 2.36 bits per heavy atom. The molecule has 1 aliphatic heterocycles. The number of amides is 1. The third-order valence-corrected chi connectivity index (χ3v) is 5.24. The number of aromatic amines is 1. The van der Waals surface area contributed by atoms with Gasteiger partial charge in [0.15, 0.2) is 0 Å². The zero-order valence-corrected chi connectivity index (χ0v) is 14.6. The zero-order valence-electron chi connectivity index (χ0n) is 12.3. The summed E-state index contributed by atoms with van der Waals surface area (Å²) < 4.78 is 0. The van der Waals surface area contributed by atoms with Crippen molar-refractivity contribution in [3.8, 4) is 11.3 Å². The first kappa shape index (κ1) is 15.6. The average molecular weight is 383 g/mol. The van der Waals surface area contributed by atoms with E-state index in [0.717, 1.165) is 41.9 Å². The van der Waals surface area contributed by atoms with Crippen molar-refractivity contribution in [2.75, 3.05) is 6.54 Å². The smallest absolute Gasteiger partial charge is 0.236 e. The van der Waals surface area contributed by atoms with E-state index in [2.05, 4.69) is 26.1 Å². The maximum atomic E-state index is 12.4. The van der Waals surface area contributed by atoms with Crippen molar-refractivity contribution >= 4 is 33.4 Å². The van der Waals surface area contributed by atoms with Gasteiger partial charge in [0.25, 0.3) is 0 Å². The third kappa shape index (κ3) is 2.92. The summed E-state index contributed by atoms with van der Waals surface area (Å²) in [5.41, 5.74) is 4.07. The molecule has 116 valence electrons. The molecule has 2 heterocycles. The fourth-order valence-corrected chi connectivity index (χ4v) is 3.21. The maximum absolute atomic E-state index is 12.4. The topological polar surface area (TPSA) is 49.0 Å². The second-order valence-electron chi connectivity index (χ2n) is 5.43. The number of hydrogen-bond donors (Lipinski definition) is 1. The number of rotatable bonds is 3. The zero-order chi connectivity index (χ0) is 15.7. The lowest BCUT2D eigenvalue weighted by Crippen LogP contribution is -2.40. The van der Waals surface area contributed by atoms with E-state index in [0.29, 0.717) is 11.6 Å². The average Bonchev–Trinajstić information content (AvgIpc) is 2.96. The van der Waals surface area contributed by atoms with Crippen molar-refractivity contribution in [2.45, 2.75) is 31.1 Å². The van der Waals surface area contributed by atoms with Gasteiger partial charge in [-0.3, -0.25) is 9.89 Å². The summed E-state index contributed by atoms with van der Waals surface area (Å²) in [5.74, 6) is 0.145. The molecular weight excluding hydrogens is 366 g/mol. The van der Waals surface area contributed by atoms with Gasteiger partial charge in [-0.25, -0.2) is 0 Å². The first-order chi connectivity index (χ1) is 10.6. The Morgan fingerprint density at radius 3 is 3.09 bits per heavy atom. The summed E-state index contributed by atoms with van der Waals surface area (Å²) in [6.07, 6.45) is 1.59. The van der Waals surface area contributed by atoms with Crippen LogP contribution >= 0.6 is 27.5 Å². The summed E-state index contributed by atoms with van der Waals surface area (Å²) >= 11 is 9.53. The molecule has 6 heteroatoms.